The molecule has 1 heterocycles. The second-order valence-electron chi connectivity index (χ2n) is 4.91. The number of aromatic amines is 1. The second-order valence-corrected chi connectivity index (χ2v) is 6.00. The first-order chi connectivity index (χ1) is 11.6. The highest BCUT2D eigenvalue weighted by molar-refractivity contribution is 7.99. The number of nitrogens with one attached hydrogen (secondary N) is 1. The van der Waals surface area contributed by atoms with Gasteiger partial charge in [-0.2, -0.15) is 0 Å². The Balaban J connectivity index is 1.57. The number of para-hydroxylation sites is 1. The molecule has 6 nitrogen and oxygen atoms in total. The molecule has 0 aliphatic heterocycles. The van der Waals surface area contributed by atoms with Crippen LogP contribution in [0, 0.1) is 0 Å². The molecule has 3 aromatic rings. The quantitative estimate of drug-likeness (QED) is 0.406. The smallest absolute Gasteiger partial charge is 0.335 e. The fraction of sp³-hybridized carbons (Fsp3) is 0.118. The van der Waals surface area contributed by atoms with Gasteiger partial charge < -0.3 is 14.8 Å². The third-order valence-electron chi connectivity index (χ3n) is 3.28. The molecule has 0 unspecified atom stereocenters. The van der Waals surface area contributed by atoms with Crippen molar-refractivity contribution in [2.24, 2.45) is 0 Å². The lowest BCUT2D eigenvalue weighted by atomic mass is 10.2. The Hall–Kier alpha value is -2.80. The van der Waals surface area contributed by atoms with Crippen LogP contribution >= 0.6 is 11.8 Å². The monoisotopic (exact) mass is 342 g/mol. The van der Waals surface area contributed by atoms with Crippen molar-refractivity contribution in [1.82, 2.24) is 9.97 Å². The maximum absolute atomic E-state index is 12.0. The molecule has 0 spiro atoms. The molecule has 3 rings (SSSR count). The van der Waals surface area contributed by atoms with Gasteiger partial charge in [-0.25, -0.2) is 9.78 Å². The molecule has 1 aromatic heterocycles. The number of nitrogens with zero attached hydrogens (tertiary/aromatic N) is 1. The van der Waals surface area contributed by atoms with Gasteiger partial charge in [-0.3, -0.25) is 4.79 Å². The molecule has 2 N–H and O–H groups in total. The zero-order valence-corrected chi connectivity index (χ0v) is 13.4. The Kier molecular flexibility index (Phi) is 4.81. The van der Waals surface area contributed by atoms with Gasteiger partial charge in [0.2, 0.25) is 0 Å². The third-order valence-corrected chi connectivity index (χ3v) is 4.12. The molecule has 0 fully saturated rings. The number of H-pyrrole nitrogens is 1. The summed E-state index contributed by atoms with van der Waals surface area (Å²) in [4.78, 5) is 29.9. The Morgan fingerprint density at radius 2 is 1.92 bits per heavy atom. The number of hydrogen-bond acceptors (Lipinski definition) is 5. The largest absolute Gasteiger partial charge is 0.493 e. The lowest BCUT2D eigenvalue weighted by Gasteiger charge is -2.06. The Morgan fingerprint density at radius 1 is 1.17 bits per heavy atom. The minimum absolute atomic E-state index is 0.159. The molecule has 0 radical (unpaired) electrons. The van der Waals surface area contributed by atoms with Crippen molar-refractivity contribution in [2.45, 2.75) is 5.16 Å². The standard InChI is InChI=1S/C17H14N2O4S/c20-15-13-3-1-2-4-14(13)18-17(19-15)24-10-9-23-12-7-5-11(6-8-12)16(21)22/h1-8H,9-10H2,(H,21,22)(H,18,19,20). The van der Waals surface area contributed by atoms with E-state index in [1.165, 1.54) is 23.9 Å². The summed E-state index contributed by atoms with van der Waals surface area (Å²) in [7, 11) is 0. The molecule has 24 heavy (non-hydrogen) atoms. The summed E-state index contributed by atoms with van der Waals surface area (Å²) >= 11 is 1.39. The van der Waals surface area contributed by atoms with E-state index in [0.29, 0.717) is 34.2 Å². The van der Waals surface area contributed by atoms with Crippen LogP contribution in [0.5, 0.6) is 5.75 Å². The van der Waals surface area contributed by atoms with Crippen LogP contribution in [0.2, 0.25) is 0 Å². The maximum atomic E-state index is 12.0. The number of ether oxygens (including phenoxy) is 1. The number of rotatable bonds is 6. The van der Waals surface area contributed by atoms with Gasteiger partial charge in [-0.05, 0) is 36.4 Å². The van der Waals surface area contributed by atoms with Crippen molar-refractivity contribution in [3.05, 3.63) is 64.4 Å². The molecule has 122 valence electrons. The van der Waals surface area contributed by atoms with Gasteiger partial charge in [0.05, 0.1) is 23.1 Å². The topological polar surface area (TPSA) is 92.3 Å². The van der Waals surface area contributed by atoms with Crippen LogP contribution in [0.15, 0.2) is 58.5 Å². The van der Waals surface area contributed by atoms with Crippen LogP contribution in [0.3, 0.4) is 0 Å². The van der Waals surface area contributed by atoms with Crippen LogP contribution < -0.4 is 10.3 Å². The molecule has 7 heteroatoms. The van der Waals surface area contributed by atoms with Gasteiger partial charge in [0.1, 0.15) is 5.75 Å². The molecule has 0 bridgehead atoms. The zero-order chi connectivity index (χ0) is 16.9. The summed E-state index contributed by atoms with van der Waals surface area (Å²) in [6, 6.07) is 13.4. The number of carboxylic acids is 1. The summed E-state index contributed by atoms with van der Waals surface area (Å²) in [5, 5.41) is 9.94. The Morgan fingerprint density at radius 3 is 2.67 bits per heavy atom. The molecule has 0 aliphatic rings. The predicted octanol–water partition coefficient (Wildman–Crippen LogP) is 2.79. The Bertz CT molecular complexity index is 922. The van der Waals surface area contributed by atoms with Crippen LogP contribution in [0.1, 0.15) is 10.4 Å². The first-order valence-electron chi connectivity index (χ1n) is 7.21. The minimum atomic E-state index is -0.969. The summed E-state index contributed by atoms with van der Waals surface area (Å²) in [5.41, 5.74) is 0.719. The normalized spacial score (nSPS) is 10.7. The molecule has 0 saturated carbocycles. The summed E-state index contributed by atoms with van der Waals surface area (Å²) in [6.07, 6.45) is 0. The van der Waals surface area contributed by atoms with Gasteiger partial charge >= 0.3 is 5.97 Å². The molecular formula is C17H14N2O4S. The number of carbonyl (C=O) groups is 1. The van der Waals surface area contributed by atoms with Crippen LogP contribution in [-0.4, -0.2) is 33.4 Å². The van der Waals surface area contributed by atoms with Gasteiger partial charge in [0.25, 0.3) is 5.56 Å². The fourth-order valence-corrected chi connectivity index (χ4v) is 2.81. The maximum Gasteiger partial charge on any atom is 0.335 e. The van der Waals surface area contributed by atoms with Crippen molar-refractivity contribution in [1.29, 1.82) is 0 Å². The molecular weight excluding hydrogens is 328 g/mol. The first kappa shape index (κ1) is 16.1. The summed E-state index contributed by atoms with van der Waals surface area (Å²) < 4.78 is 5.55. The Labute approximate surface area is 141 Å². The van der Waals surface area contributed by atoms with Gasteiger partial charge in [-0.15, -0.1) is 0 Å². The van der Waals surface area contributed by atoms with E-state index >= 15 is 0 Å². The van der Waals surface area contributed by atoms with E-state index in [4.69, 9.17) is 9.84 Å². The van der Waals surface area contributed by atoms with Crippen molar-refractivity contribution < 1.29 is 14.6 Å². The van der Waals surface area contributed by atoms with Crippen molar-refractivity contribution in [2.75, 3.05) is 12.4 Å². The van der Waals surface area contributed by atoms with Gasteiger partial charge in [-0.1, -0.05) is 23.9 Å². The number of benzene rings is 2. The van der Waals surface area contributed by atoms with Crippen LogP contribution in [0.4, 0.5) is 0 Å². The highest BCUT2D eigenvalue weighted by Crippen LogP contribution is 2.16. The van der Waals surface area contributed by atoms with E-state index < -0.39 is 5.97 Å². The van der Waals surface area contributed by atoms with E-state index in [-0.39, 0.29) is 11.1 Å². The van der Waals surface area contributed by atoms with Crippen molar-refractivity contribution in [3.8, 4) is 5.75 Å². The molecule has 0 amide bonds. The van der Waals surface area contributed by atoms with E-state index in [2.05, 4.69) is 9.97 Å². The second kappa shape index (κ2) is 7.18. The number of fused-ring (bicyclic) bond motifs is 1. The number of thioether (sulfide) groups is 1. The lowest BCUT2D eigenvalue weighted by Crippen LogP contribution is -2.10. The SMILES string of the molecule is O=C(O)c1ccc(OCCSc2nc3ccccc3c(=O)[nH]2)cc1. The zero-order valence-electron chi connectivity index (χ0n) is 12.6. The first-order valence-corrected chi connectivity index (χ1v) is 8.20. The van der Waals surface area contributed by atoms with E-state index in [9.17, 15) is 9.59 Å². The number of aromatic carboxylic acids is 1. The summed E-state index contributed by atoms with van der Waals surface area (Å²) in [6.45, 7) is 0.410. The number of hydrogen-bond donors (Lipinski definition) is 2. The predicted molar refractivity (Wildman–Crippen MR) is 92.0 cm³/mol. The average molecular weight is 342 g/mol. The van der Waals surface area contributed by atoms with Crippen molar-refractivity contribution in [3.63, 3.8) is 0 Å². The third kappa shape index (κ3) is 3.75. The van der Waals surface area contributed by atoms with Crippen molar-refractivity contribution >= 4 is 28.6 Å². The molecule has 2 aromatic carbocycles. The van der Waals surface area contributed by atoms with E-state index in [1.54, 1.807) is 30.3 Å². The van der Waals surface area contributed by atoms with Crippen LogP contribution in [0.25, 0.3) is 10.9 Å². The number of carboxylic acid groups (broad SMARTS) is 1. The highest BCUT2D eigenvalue weighted by Gasteiger charge is 2.05. The molecule has 0 aliphatic carbocycles. The molecule has 0 atom stereocenters. The summed E-state index contributed by atoms with van der Waals surface area (Å²) in [5.74, 6) is 0.228. The lowest BCUT2D eigenvalue weighted by molar-refractivity contribution is 0.0697. The highest BCUT2D eigenvalue weighted by atomic mass is 32.2. The van der Waals surface area contributed by atoms with E-state index in [0.717, 1.165) is 0 Å². The van der Waals surface area contributed by atoms with Gasteiger partial charge in [0.15, 0.2) is 5.16 Å². The van der Waals surface area contributed by atoms with E-state index in [1.807, 2.05) is 6.07 Å². The minimum Gasteiger partial charge on any atom is -0.493 e. The van der Waals surface area contributed by atoms with Gasteiger partial charge in [0, 0.05) is 5.75 Å². The average Bonchev–Trinajstić information content (AvgIpc) is 2.59. The molecule has 0 saturated heterocycles. The number of aromatic nitrogens is 2. The fourth-order valence-electron chi connectivity index (χ4n) is 2.12. The van der Waals surface area contributed by atoms with Crippen LogP contribution in [-0.2, 0) is 0 Å².